The lowest BCUT2D eigenvalue weighted by Crippen LogP contribution is -2.08. The molecule has 0 saturated heterocycles. The zero-order valence-electron chi connectivity index (χ0n) is 9.32. The second-order valence-corrected chi connectivity index (χ2v) is 5.14. The van der Waals surface area contributed by atoms with Gasteiger partial charge in [0.2, 0.25) is 0 Å². The Bertz CT molecular complexity index is 368. The fourth-order valence-electron chi connectivity index (χ4n) is 0.949. The van der Waals surface area contributed by atoms with Gasteiger partial charge in [-0.15, -0.1) is 0 Å². The maximum atomic E-state index is 8.84. The summed E-state index contributed by atoms with van der Waals surface area (Å²) in [5, 5.41) is 9.64. The Balaban J connectivity index is 2.42. The molecule has 0 radical (unpaired) electrons. The van der Waals surface area contributed by atoms with E-state index in [1.165, 1.54) is 0 Å². The highest BCUT2D eigenvalue weighted by atomic mass is 32.2. The van der Waals surface area contributed by atoms with Crippen LogP contribution in [0.2, 0.25) is 0 Å². The summed E-state index contributed by atoms with van der Waals surface area (Å²) in [6.45, 7) is 5.85. The van der Waals surface area contributed by atoms with E-state index in [9.17, 15) is 0 Å². The van der Waals surface area contributed by atoms with E-state index in [1.54, 1.807) is 18.0 Å². The minimum absolute atomic E-state index is 0.253. The molecule has 0 aliphatic carbocycles. The van der Waals surface area contributed by atoms with Crippen LogP contribution in [-0.2, 0) is 0 Å². The molecule has 0 spiro atoms. The van der Waals surface area contributed by atoms with Gasteiger partial charge < -0.3 is 0 Å². The van der Waals surface area contributed by atoms with Gasteiger partial charge in [0.15, 0.2) is 5.16 Å². The second kappa shape index (κ2) is 5.13. The number of aromatic nitrogens is 2. The summed E-state index contributed by atoms with van der Waals surface area (Å²) in [5.41, 5.74) is 0.726. The van der Waals surface area contributed by atoms with Crippen molar-refractivity contribution in [3.05, 3.63) is 18.0 Å². The Hall–Kier alpha value is -1.08. The SMILES string of the molecule is Cc1ccnc(SCCC(C)(C)C#N)n1. The summed E-state index contributed by atoms with van der Waals surface area (Å²) in [6, 6.07) is 4.16. The van der Waals surface area contributed by atoms with Gasteiger partial charge >= 0.3 is 0 Å². The van der Waals surface area contributed by atoms with Gasteiger partial charge in [-0.05, 0) is 33.3 Å². The molecule has 0 bridgehead atoms. The standard InChI is InChI=1S/C11H15N3S/c1-9-4-6-13-10(14-9)15-7-5-11(2,3)8-12/h4,6H,5,7H2,1-3H3. The number of hydrogen-bond donors (Lipinski definition) is 0. The van der Waals surface area contributed by atoms with Crippen LogP contribution in [0.15, 0.2) is 17.4 Å². The minimum atomic E-state index is -0.253. The van der Waals surface area contributed by atoms with E-state index < -0.39 is 0 Å². The van der Waals surface area contributed by atoms with Gasteiger partial charge in [0, 0.05) is 17.6 Å². The summed E-state index contributed by atoms with van der Waals surface area (Å²) in [6.07, 6.45) is 2.62. The number of thioether (sulfide) groups is 1. The van der Waals surface area contributed by atoms with Gasteiger partial charge in [0.05, 0.1) is 11.5 Å². The average Bonchev–Trinajstić information content (AvgIpc) is 2.18. The third-order valence-electron chi connectivity index (χ3n) is 2.03. The molecule has 80 valence electrons. The molecule has 0 atom stereocenters. The lowest BCUT2D eigenvalue weighted by Gasteiger charge is -2.13. The number of nitriles is 1. The van der Waals surface area contributed by atoms with Crippen molar-refractivity contribution < 1.29 is 0 Å². The Morgan fingerprint density at radius 3 is 2.87 bits per heavy atom. The van der Waals surface area contributed by atoms with Crippen molar-refractivity contribution in [2.75, 3.05) is 5.75 Å². The van der Waals surface area contributed by atoms with Crippen LogP contribution in [0.5, 0.6) is 0 Å². The predicted molar refractivity (Wildman–Crippen MR) is 61.5 cm³/mol. The molecule has 0 unspecified atom stereocenters. The summed E-state index contributed by atoms with van der Waals surface area (Å²) in [5.74, 6) is 0.879. The van der Waals surface area contributed by atoms with E-state index in [4.69, 9.17) is 5.26 Å². The number of aryl methyl sites for hydroxylation is 1. The van der Waals surface area contributed by atoms with Crippen LogP contribution in [-0.4, -0.2) is 15.7 Å². The first-order valence-electron chi connectivity index (χ1n) is 4.87. The van der Waals surface area contributed by atoms with Crippen LogP contribution in [0.1, 0.15) is 26.0 Å². The van der Waals surface area contributed by atoms with Crippen molar-refractivity contribution >= 4 is 11.8 Å². The molecule has 15 heavy (non-hydrogen) atoms. The summed E-state index contributed by atoms with van der Waals surface area (Å²) in [4.78, 5) is 8.44. The van der Waals surface area contributed by atoms with E-state index in [0.717, 1.165) is 23.0 Å². The van der Waals surface area contributed by atoms with Gasteiger partial charge in [0.1, 0.15) is 0 Å². The van der Waals surface area contributed by atoms with Gasteiger partial charge in [0.25, 0.3) is 0 Å². The summed E-state index contributed by atoms with van der Waals surface area (Å²) in [7, 11) is 0. The van der Waals surface area contributed by atoms with Crippen molar-refractivity contribution in [3.8, 4) is 6.07 Å². The Morgan fingerprint density at radius 2 is 2.27 bits per heavy atom. The highest BCUT2D eigenvalue weighted by molar-refractivity contribution is 7.99. The van der Waals surface area contributed by atoms with Crippen molar-refractivity contribution in [2.24, 2.45) is 5.41 Å². The number of hydrogen-bond acceptors (Lipinski definition) is 4. The molecule has 1 heterocycles. The van der Waals surface area contributed by atoms with E-state index in [0.29, 0.717) is 0 Å². The molecule has 3 nitrogen and oxygen atoms in total. The van der Waals surface area contributed by atoms with Gasteiger partial charge in [-0.25, -0.2) is 9.97 Å². The normalized spacial score (nSPS) is 11.1. The van der Waals surface area contributed by atoms with Crippen molar-refractivity contribution in [1.82, 2.24) is 9.97 Å². The fraction of sp³-hybridized carbons (Fsp3) is 0.545. The summed E-state index contributed by atoms with van der Waals surface area (Å²) >= 11 is 1.60. The first-order chi connectivity index (χ1) is 7.03. The van der Waals surface area contributed by atoms with Gasteiger partial charge in [-0.1, -0.05) is 11.8 Å². The molecule has 1 rings (SSSR count). The van der Waals surface area contributed by atoms with Crippen LogP contribution < -0.4 is 0 Å². The minimum Gasteiger partial charge on any atom is -0.231 e. The molecule has 0 aromatic carbocycles. The largest absolute Gasteiger partial charge is 0.231 e. The molecule has 1 aromatic heterocycles. The maximum absolute atomic E-state index is 8.84. The first kappa shape index (κ1) is 12.0. The number of rotatable bonds is 4. The van der Waals surface area contributed by atoms with Crippen LogP contribution in [0.25, 0.3) is 0 Å². The quantitative estimate of drug-likeness (QED) is 0.579. The Morgan fingerprint density at radius 1 is 1.53 bits per heavy atom. The highest BCUT2D eigenvalue weighted by Gasteiger charge is 2.16. The Labute approximate surface area is 94.9 Å². The molecule has 0 amide bonds. The third kappa shape index (κ3) is 4.30. The third-order valence-corrected chi connectivity index (χ3v) is 2.90. The van der Waals surface area contributed by atoms with E-state index >= 15 is 0 Å². The average molecular weight is 221 g/mol. The predicted octanol–water partition coefficient (Wildman–Crippen LogP) is 2.82. The summed E-state index contributed by atoms with van der Waals surface area (Å²) < 4.78 is 0. The molecule has 0 aliphatic heterocycles. The van der Waals surface area contributed by atoms with Crippen LogP contribution in [0, 0.1) is 23.7 Å². The zero-order chi connectivity index (χ0) is 11.3. The lowest BCUT2D eigenvalue weighted by atomic mass is 9.93. The molecule has 0 N–H and O–H groups in total. The second-order valence-electron chi connectivity index (χ2n) is 4.07. The molecule has 0 saturated carbocycles. The van der Waals surface area contributed by atoms with E-state index in [2.05, 4.69) is 16.0 Å². The topological polar surface area (TPSA) is 49.6 Å². The van der Waals surface area contributed by atoms with Gasteiger partial charge in [-0.3, -0.25) is 0 Å². The number of nitrogens with zero attached hydrogens (tertiary/aromatic N) is 3. The highest BCUT2D eigenvalue weighted by Crippen LogP contribution is 2.23. The van der Waals surface area contributed by atoms with Crippen LogP contribution in [0.3, 0.4) is 0 Å². The van der Waals surface area contributed by atoms with E-state index in [-0.39, 0.29) is 5.41 Å². The molecular formula is C11H15N3S. The lowest BCUT2D eigenvalue weighted by molar-refractivity contribution is 0.482. The van der Waals surface area contributed by atoms with Gasteiger partial charge in [-0.2, -0.15) is 5.26 Å². The maximum Gasteiger partial charge on any atom is 0.187 e. The fourth-order valence-corrected chi connectivity index (χ4v) is 2.09. The van der Waals surface area contributed by atoms with Crippen LogP contribution >= 0.6 is 11.8 Å². The van der Waals surface area contributed by atoms with Crippen molar-refractivity contribution in [1.29, 1.82) is 5.26 Å². The molecular weight excluding hydrogens is 206 g/mol. The van der Waals surface area contributed by atoms with Crippen molar-refractivity contribution in [2.45, 2.75) is 32.3 Å². The monoisotopic (exact) mass is 221 g/mol. The zero-order valence-corrected chi connectivity index (χ0v) is 10.1. The molecule has 0 fully saturated rings. The molecule has 1 aromatic rings. The van der Waals surface area contributed by atoms with Crippen molar-refractivity contribution in [3.63, 3.8) is 0 Å². The first-order valence-corrected chi connectivity index (χ1v) is 5.86. The smallest absolute Gasteiger partial charge is 0.187 e. The molecule has 4 heteroatoms. The Kier molecular flexibility index (Phi) is 4.10. The van der Waals surface area contributed by atoms with E-state index in [1.807, 2.05) is 26.8 Å². The molecule has 0 aliphatic rings. The van der Waals surface area contributed by atoms with Crippen LogP contribution in [0.4, 0.5) is 0 Å².